The van der Waals surface area contributed by atoms with Gasteiger partial charge in [0.2, 0.25) is 10.9 Å². The minimum absolute atomic E-state index is 0.0967. The molecule has 0 amide bonds. The molecule has 0 aromatic heterocycles. The minimum atomic E-state index is -4.82. The molecule has 1 N–H and O–H groups in total. The summed E-state index contributed by atoms with van der Waals surface area (Å²) in [4.78, 5) is 0. The summed E-state index contributed by atoms with van der Waals surface area (Å²) < 4.78 is 62.0. The lowest BCUT2D eigenvalue weighted by Crippen LogP contribution is -2.48. The van der Waals surface area contributed by atoms with Crippen molar-refractivity contribution in [3.8, 4) is 0 Å². The lowest BCUT2D eigenvalue weighted by molar-refractivity contribution is -0.159. The zero-order valence-corrected chi connectivity index (χ0v) is 11.5. The Balaban J connectivity index is 3.61. The summed E-state index contributed by atoms with van der Waals surface area (Å²) in [6.07, 6.45) is 0.282. The van der Waals surface area contributed by atoms with Gasteiger partial charge in [-0.15, -0.1) is 0 Å². The van der Waals surface area contributed by atoms with Gasteiger partial charge in [-0.25, -0.2) is 8.42 Å². The first-order chi connectivity index (χ1) is 9.27. The summed E-state index contributed by atoms with van der Waals surface area (Å²) in [5.74, 6) is 0. The summed E-state index contributed by atoms with van der Waals surface area (Å²) in [5.41, 5.74) is -0.290. The maximum absolute atomic E-state index is 13.1. The van der Waals surface area contributed by atoms with Crippen LogP contribution in [0.1, 0.15) is 6.92 Å². The maximum atomic E-state index is 13.1. The second-order valence-electron chi connectivity index (χ2n) is 3.94. The van der Waals surface area contributed by atoms with Crippen molar-refractivity contribution in [1.82, 2.24) is 4.31 Å². The Morgan fingerprint density at radius 3 is 2.45 bits per heavy atom. The van der Waals surface area contributed by atoms with Crippen LogP contribution in [0.3, 0.4) is 0 Å². The average molecular weight is 309 g/mol. The molecule has 1 aliphatic rings. The third kappa shape index (κ3) is 3.13. The number of nitrogens with zero attached hydrogens (tertiary/aromatic N) is 1. The molecule has 0 unspecified atom stereocenters. The molecule has 8 heteroatoms. The fourth-order valence-electron chi connectivity index (χ4n) is 2.00. The van der Waals surface area contributed by atoms with Crippen LogP contribution in [-0.4, -0.2) is 36.7 Å². The van der Waals surface area contributed by atoms with Crippen molar-refractivity contribution in [1.29, 1.82) is 0 Å². The quantitative estimate of drug-likeness (QED) is 0.780. The van der Waals surface area contributed by atoms with E-state index in [1.54, 1.807) is 0 Å². The number of hydrogen-bond acceptors (Lipinski definition) is 3. The Labute approximate surface area is 116 Å². The monoisotopic (exact) mass is 309 g/mol. The highest BCUT2D eigenvalue weighted by Crippen LogP contribution is 2.38. The van der Waals surface area contributed by atoms with Crippen molar-refractivity contribution in [2.45, 2.75) is 19.1 Å². The predicted octanol–water partition coefficient (Wildman–Crippen LogP) is 1.69. The van der Waals surface area contributed by atoms with E-state index >= 15 is 0 Å². The van der Waals surface area contributed by atoms with E-state index in [0.717, 1.165) is 6.08 Å². The maximum Gasteiger partial charge on any atom is 0.413 e. The predicted molar refractivity (Wildman–Crippen MR) is 69.2 cm³/mol. The van der Waals surface area contributed by atoms with Gasteiger partial charge >= 0.3 is 6.18 Å². The normalized spacial score (nSPS) is 24.4. The number of aliphatic hydroxyl groups is 1. The zero-order valence-electron chi connectivity index (χ0n) is 10.6. The van der Waals surface area contributed by atoms with Crippen molar-refractivity contribution < 1.29 is 26.7 Å². The van der Waals surface area contributed by atoms with E-state index < -0.39 is 35.3 Å². The van der Waals surface area contributed by atoms with Crippen LogP contribution < -0.4 is 0 Å². The highest BCUT2D eigenvalue weighted by atomic mass is 32.2. The van der Waals surface area contributed by atoms with Crippen molar-refractivity contribution in [3.05, 3.63) is 47.7 Å². The van der Waals surface area contributed by atoms with Crippen LogP contribution in [0.2, 0.25) is 0 Å². The Kier molecular flexibility index (Phi) is 5.18. The van der Waals surface area contributed by atoms with Crippen LogP contribution in [0.25, 0.3) is 0 Å². The third-order valence-corrected chi connectivity index (χ3v) is 3.52. The van der Waals surface area contributed by atoms with Crippen LogP contribution in [0, 0.1) is 0 Å². The Bertz CT molecular complexity index is 551. The molecule has 1 heterocycles. The molecule has 1 aliphatic heterocycles. The van der Waals surface area contributed by atoms with E-state index in [9.17, 15) is 21.6 Å². The van der Waals surface area contributed by atoms with E-state index in [2.05, 4.69) is 6.58 Å². The molecule has 0 saturated carbocycles. The van der Waals surface area contributed by atoms with Crippen LogP contribution >= 0.6 is 0 Å². The first kappa shape index (κ1) is 16.5. The molecule has 0 aromatic carbocycles. The van der Waals surface area contributed by atoms with E-state index in [-0.39, 0.29) is 15.6 Å². The molecule has 0 aliphatic carbocycles. The first-order valence-electron chi connectivity index (χ1n) is 5.58. The molecule has 1 atom stereocenters. The molecule has 0 spiro atoms. The number of thiol groups is 1. The molecule has 0 saturated heterocycles. The molecule has 0 fully saturated rings. The van der Waals surface area contributed by atoms with Gasteiger partial charge in [0.1, 0.15) is 0 Å². The van der Waals surface area contributed by atoms with Crippen molar-refractivity contribution in [2.24, 2.45) is 0 Å². The van der Waals surface area contributed by atoms with Gasteiger partial charge in [0.05, 0.1) is 12.3 Å². The minimum Gasteiger partial charge on any atom is -0.392 e. The number of allylic oxidation sites excluding steroid dienone is 4. The van der Waals surface area contributed by atoms with Crippen molar-refractivity contribution in [2.75, 3.05) is 6.61 Å². The van der Waals surface area contributed by atoms with Gasteiger partial charge in [0, 0.05) is 0 Å². The fraction of sp³-hybridized carbons (Fsp3) is 0.333. The molecular formula is C12H14F3NO3S. The largest absolute Gasteiger partial charge is 0.413 e. The van der Waals surface area contributed by atoms with Gasteiger partial charge in [0.15, 0.2) is 6.04 Å². The Morgan fingerprint density at radius 2 is 2.10 bits per heavy atom. The number of rotatable bonds is 3. The van der Waals surface area contributed by atoms with Gasteiger partial charge in [-0.3, -0.25) is 4.31 Å². The summed E-state index contributed by atoms with van der Waals surface area (Å²) >= 11 is 0. The highest BCUT2D eigenvalue weighted by molar-refractivity contribution is 7.70. The molecule has 0 bridgehead atoms. The number of alkyl halides is 3. The number of hydrogen-bond donors (Lipinski definition) is 2. The molecule has 0 aromatic rings. The van der Waals surface area contributed by atoms with Crippen LogP contribution in [-0.2, 0) is 10.9 Å². The number of aliphatic hydroxyl groups excluding tert-OH is 1. The van der Waals surface area contributed by atoms with Gasteiger partial charge in [-0.2, -0.15) is 13.2 Å². The molecule has 112 valence electrons. The van der Waals surface area contributed by atoms with Crippen LogP contribution in [0.4, 0.5) is 13.2 Å². The van der Waals surface area contributed by atoms with Gasteiger partial charge in [-0.05, 0) is 24.1 Å². The third-order valence-electron chi connectivity index (χ3n) is 2.72. The first-order valence-corrected chi connectivity index (χ1v) is 6.71. The van der Waals surface area contributed by atoms with Crippen molar-refractivity contribution >= 4 is 10.9 Å². The molecular weight excluding hydrogens is 295 g/mol. The standard InChI is InChI=1S/C12H14F3NO3S/c1-3-5-8-6-9(7-17)11(12(13,14)15)16(20(18)19)10(8)4-2/h3-6,11,17,20H,1,7H2,2H3/b8-5-,10-4+/t11-/m0/s1. The molecule has 4 nitrogen and oxygen atoms in total. The van der Waals surface area contributed by atoms with Crippen LogP contribution in [0.5, 0.6) is 0 Å². The Hall–Kier alpha value is -1.54. The average Bonchev–Trinajstić information content (AvgIpc) is 2.35. The lowest BCUT2D eigenvalue weighted by atomic mass is 9.96. The summed E-state index contributed by atoms with van der Waals surface area (Å²) in [5, 5.41) is 9.10. The van der Waals surface area contributed by atoms with Gasteiger partial charge in [-0.1, -0.05) is 24.8 Å². The van der Waals surface area contributed by atoms with E-state index in [0.29, 0.717) is 0 Å². The van der Waals surface area contributed by atoms with Gasteiger partial charge < -0.3 is 5.11 Å². The van der Waals surface area contributed by atoms with E-state index in [1.165, 1.54) is 25.2 Å². The lowest BCUT2D eigenvalue weighted by Gasteiger charge is -2.36. The van der Waals surface area contributed by atoms with E-state index in [4.69, 9.17) is 5.11 Å². The summed E-state index contributed by atoms with van der Waals surface area (Å²) in [7, 11) is -3.52. The second-order valence-corrected chi connectivity index (χ2v) is 4.84. The second kappa shape index (κ2) is 6.27. The number of halogens is 3. The summed E-state index contributed by atoms with van der Waals surface area (Å²) in [6, 6.07) is -2.39. The molecule has 20 heavy (non-hydrogen) atoms. The fourth-order valence-corrected chi connectivity index (χ4v) is 2.88. The molecule has 1 rings (SSSR count). The SMILES string of the molecule is C=C/C=C1/C=C(CO)[C@@H](C(F)(F)F)N([SH](=O)=O)/C1=C/C. The zero-order chi connectivity index (χ0) is 15.5. The highest BCUT2D eigenvalue weighted by Gasteiger charge is 2.49. The van der Waals surface area contributed by atoms with Crippen LogP contribution in [0.15, 0.2) is 47.7 Å². The van der Waals surface area contributed by atoms with Gasteiger partial charge in [0.25, 0.3) is 0 Å². The Morgan fingerprint density at radius 1 is 1.50 bits per heavy atom. The topological polar surface area (TPSA) is 57.6 Å². The van der Waals surface area contributed by atoms with E-state index in [1.807, 2.05) is 0 Å². The molecule has 0 radical (unpaired) electrons. The smallest absolute Gasteiger partial charge is 0.392 e. The van der Waals surface area contributed by atoms with Crippen molar-refractivity contribution in [3.63, 3.8) is 0 Å². The summed E-state index contributed by atoms with van der Waals surface area (Å²) in [6.45, 7) is 3.97.